The molecule has 0 amide bonds. The van der Waals surface area contributed by atoms with E-state index >= 15 is 0 Å². The highest BCUT2D eigenvalue weighted by Crippen LogP contribution is 2.18. The van der Waals surface area contributed by atoms with Gasteiger partial charge in [0.15, 0.2) is 17.3 Å². The lowest BCUT2D eigenvalue weighted by atomic mass is 10.3. The van der Waals surface area contributed by atoms with Crippen molar-refractivity contribution in [1.29, 1.82) is 0 Å². The Balaban J connectivity index is 2.56. The number of carbonyl (C=O) groups is 1. The Bertz CT molecular complexity index is 595. The fourth-order valence-corrected chi connectivity index (χ4v) is 1.30. The van der Waals surface area contributed by atoms with Crippen molar-refractivity contribution in [3.63, 3.8) is 0 Å². The lowest BCUT2D eigenvalue weighted by Gasteiger charge is -2.04. The third-order valence-electron chi connectivity index (χ3n) is 2.05. The molecule has 0 aliphatic rings. The van der Waals surface area contributed by atoms with Gasteiger partial charge < -0.3 is 9.67 Å². The van der Waals surface area contributed by atoms with Crippen LogP contribution in [0.25, 0.3) is 5.69 Å². The predicted molar refractivity (Wildman–Crippen MR) is 50.4 cm³/mol. The maximum Gasteiger partial charge on any atom is 0.356 e. The smallest absolute Gasteiger partial charge is 0.356 e. The summed E-state index contributed by atoms with van der Waals surface area (Å²) >= 11 is 0. The molecule has 1 aromatic heterocycles. The van der Waals surface area contributed by atoms with Crippen molar-refractivity contribution in [2.75, 3.05) is 0 Å². The van der Waals surface area contributed by atoms with Crippen molar-refractivity contribution in [3.05, 3.63) is 47.8 Å². The summed E-state index contributed by atoms with van der Waals surface area (Å²) in [6.07, 6.45) is 1.92. The van der Waals surface area contributed by atoms with Gasteiger partial charge in [-0.2, -0.15) is 0 Å². The minimum absolute atomic E-state index is 0.353. The van der Waals surface area contributed by atoms with Crippen molar-refractivity contribution in [1.82, 2.24) is 9.55 Å². The second-order valence-corrected chi connectivity index (χ2v) is 3.19. The molecule has 0 fully saturated rings. The molecule has 0 saturated carbocycles. The summed E-state index contributed by atoms with van der Waals surface area (Å²) < 4.78 is 40.1. The van der Waals surface area contributed by atoms with Crippen molar-refractivity contribution in [3.8, 4) is 5.69 Å². The van der Waals surface area contributed by atoms with Crippen LogP contribution in [0.5, 0.6) is 0 Å². The highest BCUT2D eigenvalue weighted by atomic mass is 19.2. The summed E-state index contributed by atoms with van der Waals surface area (Å²) in [7, 11) is 0. The average Bonchev–Trinajstić information content (AvgIpc) is 2.72. The van der Waals surface area contributed by atoms with Crippen LogP contribution < -0.4 is 0 Å². The summed E-state index contributed by atoms with van der Waals surface area (Å²) in [5.74, 6) is -4.92. The Morgan fingerprint density at radius 3 is 2.59 bits per heavy atom. The molecule has 0 aliphatic heterocycles. The Labute approximate surface area is 92.9 Å². The van der Waals surface area contributed by atoms with Crippen LogP contribution >= 0.6 is 0 Å². The van der Waals surface area contributed by atoms with Gasteiger partial charge in [0.05, 0.1) is 5.69 Å². The van der Waals surface area contributed by atoms with Crippen molar-refractivity contribution in [2.45, 2.75) is 0 Å². The number of carboxylic acids is 1. The molecule has 17 heavy (non-hydrogen) atoms. The van der Waals surface area contributed by atoms with Crippen LogP contribution in [0, 0.1) is 17.5 Å². The molecule has 88 valence electrons. The Morgan fingerprint density at radius 2 is 2.00 bits per heavy atom. The summed E-state index contributed by atoms with van der Waals surface area (Å²) in [5.41, 5.74) is -0.795. The first-order valence-electron chi connectivity index (χ1n) is 4.41. The molecule has 0 bridgehead atoms. The van der Waals surface area contributed by atoms with Crippen molar-refractivity contribution in [2.24, 2.45) is 0 Å². The van der Waals surface area contributed by atoms with Crippen LogP contribution in [0.15, 0.2) is 24.7 Å². The monoisotopic (exact) mass is 242 g/mol. The maximum absolute atomic E-state index is 13.3. The number of hydrogen-bond donors (Lipinski definition) is 1. The molecular weight excluding hydrogens is 237 g/mol. The quantitative estimate of drug-likeness (QED) is 0.819. The molecular formula is C10H5F3N2O2. The summed E-state index contributed by atoms with van der Waals surface area (Å²) in [6.45, 7) is 0. The van der Waals surface area contributed by atoms with Gasteiger partial charge in [0, 0.05) is 18.3 Å². The van der Waals surface area contributed by atoms with Gasteiger partial charge in [0.1, 0.15) is 12.1 Å². The van der Waals surface area contributed by atoms with Gasteiger partial charge in [-0.3, -0.25) is 0 Å². The molecule has 0 aliphatic carbocycles. The van der Waals surface area contributed by atoms with Crippen LogP contribution in [0.2, 0.25) is 0 Å². The Morgan fingerprint density at radius 1 is 1.29 bits per heavy atom. The van der Waals surface area contributed by atoms with E-state index in [4.69, 9.17) is 5.11 Å². The lowest BCUT2D eigenvalue weighted by molar-refractivity contribution is 0.0691. The van der Waals surface area contributed by atoms with Crippen LogP contribution in [0.1, 0.15) is 10.5 Å². The number of nitrogens with zero attached hydrogens (tertiary/aromatic N) is 2. The van der Waals surface area contributed by atoms with Gasteiger partial charge in [-0.15, -0.1) is 0 Å². The van der Waals surface area contributed by atoms with Gasteiger partial charge in [0.25, 0.3) is 0 Å². The summed E-state index contributed by atoms with van der Waals surface area (Å²) in [4.78, 5) is 14.0. The summed E-state index contributed by atoms with van der Waals surface area (Å²) in [5, 5.41) is 8.61. The zero-order valence-electron chi connectivity index (χ0n) is 8.19. The van der Waals surface area contributed by atoms with Gasteiger partial charge in [-0.1, -0.05) is 0 Å². The van der Waals surface area contributed by atoms with Gasteiger partial charge >= 0.3 is 5.97 Å². The average molecular weight is 242 g/mol. The molecule has 4 nitrogen and oxygen atoms in total. The van der Waals surface area contributed by atoms with Crippen LogP contribution in [0.4, 0.5) is 13.2 Å². The van der Waals surface area contributed by atoms with E-state index in [1.165, 1.54) is 0 Å². The van der Waals surface area contributed by atoms with E-state index in [1.807, 2.05) is 0 Å². The number of carboxylic acid groups (broad SMARTS) is 1. The fraction of sp³-hybridized carbons (Fsp3) is 0. The lowest BCUT2D eigenvalue weighted by Crippen LogP contribution is -2.00. The van der Waals surface area contributed by atoms with Crippen molar-refractivity contribution >= 4 is 5.97 Å². The SMILES string of the molecule is O=C(O)c1cn(-c2cc(F)cc(F)c2F)cn1. The number of hydrogen-bond acceptors (Lipinski definition) is 2. The zero-order chi connectivity index (χ0) is 12.6. The van der Waals surface area contributed by atoms with E-state index in [1.54, 1.807) is 0 Å². The first kappa shape index (κ1) is 11.2. The highest BCUT2D eigenvalue weighted by molar-refractivity contribution is 5.85. The van der Waals surface area contributed by atoms with E-state index in [0.717, 1.165) is 23.2 Å². The van der Waals surface area contributed by atoms with Crippen LogP contribution in [-0.2, 0) is 0 Å². The molecule has 2 aromatic rings. The second-order valence-electron chi connectivity index (χ2n) is 3.19. The zero-order valence-corrected chi connectivity index (χ0v) is 8.19. The molecule has 1 aromatic carbocycles. The molecule has 1 N–H and O–H groups in total. The van der Waals surface area contributed by atoms with Crippen LogP contribution in [-0.4, -0.2) is 20.6 Å². The molecule has 2 rings (SSSR count). The van der Waals surface area contributed by atoms with Gasteiger partial charge in [-0.05, 0) is 0 Å². The number of aromatic nitrogens is 2. The molecule has 1 heterocycles. The molecule has 7 heteroatoms. The fourth-order valence-electron chi connectivity index (χ4n) is 1.30. The maximum atomic E-state index is 13.3. The normalized spacial score (nSPS) is 10.5. The van der Waals surface area contributed by atoms with Gasteiger partial charge in [0.2, 0.25) is 0 Å². The second kappa shape index (κ2) is 3.93. The predicted octanol–water partition coefficient (Wildman–Crippen LogP) is 1.99. The largest absolute Gasteiger partial charge is 0.476 e. The standard InChI is InChI=1S/C10H5F3N2O2/c11-5-1-6(12)9(13)8(2-5)15-3-7(10(16)17)14-4-15/h1-4H,(H,16,17). The molecule has 0 spiro atoms. The minimum atomic E-state index is -1.36. The first-order valence-corrected chi connectivity index (χ1v) is 4.41. The minimum Gasteiger partial charge on any atom is -0.476 e. The number of rotatable bonds is 2. The third kappa shape index (κ3) is 1.99. The molecule has 0 unspecified atom stereocenters. The number of benzene rings is 1. The van der Waals surface area contributed by atoms with E-state index in [0.29, 0.717) is 6.07 Å². The molecule has 0 saturated heterocycles. The highest BCUT2D eigenvalue weighted by Gasteiger charge is 2.14. The topological polar surface area (TPSA) is 55.1 Å². The van der Waals surface area contributed by atoms with E-state index in [9.17, 15) is 18.0 Å². The summed E-state index contributed by atoms with van der Waals surface area (Å²) in [6, 6.07) is 1.14. The van der Waals surface area contributed by atoms with Crippen LogP contribution in [0.3, 0.4) is 0 Å². The molecule has 0 radical (unpaired) electrons. The molecule has 0 atom stereocenters. The first-order chi connectivity index (χ1) is 7.99. The van der Waals surface area contributed by atoms with E-state index in [2.05, 4.69) is 4.98 Å². The van der Waals surface area contributed by atoms with E-state index in [-0.39, 0.29) is 5.69 Å². The van der Waals surface area contributed by atoms with Gasteiger partial charge in [-0.25, -0.2) is 22.9 Å². The number of imidazole rings is 1. The van der Waals surface area contributed by atoms with Crippen molar-refractivity contribution < 1.29 is 23.1 Å². The third-order valence-corrected chi connectivity index (χ3v) is 2.05. The number of aromatic carboxylic acids is 1. The Hall–Kier alpha value is -2.31. The Kier molecular flexibility index (Phi) is 2.58. The number of halogens is 3. The van der Waals surface area contributed by atoms with E-state index < -0.39 is 29.1 Å².